The number of rotatable bonds is 6. The number of carbonyl (C=O) groups excluding carboxylic acids is 1. The van der Waals surface area contributed by atoms with Crippen LogP contribution in [-0.2, 0) is 10.0 Å². The SMILES string of the molecule is C=CCNC(=O)c1cc(S(=O)(=O)Nc2ccc(C)cc2)ccc1C. The van der Waals surface area contributed by atoms with E-state index in [-0.39, 0.29) is 10.8 Å². The molecule has 0 fully saturated rings. The highest BCUT2D eigenvalue weighted by atomic mass is 32.2. The van der Waals surface area contributed by atoms with Crippen molar-refractivity contribution in [3.63, 3.8) is 0 Å². The number of aryl methyl sites for hydroxylation is 2. The van der Waals surface area contributed by atoms with E-state index >= 15 is 0 Å². The Balaban J connectivity index is 2.31. The smallest absolute Gasteiger partial charge is 0.261 e. The van der Waals surface area contributed by atoms with Crippen LogP contribution in [0.3, 0.4) is 0 Å². The van der Waals surface area contributed by atoms with Gasteiger partial charge in [0, 0.05) is 17.8 Å². The third-order valence-electron chi connectivity index (χ3n) is 3.47. The summed E-state index contributed by atoms with van der Waals surface area (Å²) in [5, 5.41) is 2.65. The van der Waals surface area contributed by atoms with Crippen LogP contribution in [0.4, 0.5) is 5.69 Å². The van der Waals surface area contributed by atoms with Crippen LogP contribution in [0.2, 0.25) is 0 Å². The molecule has 0 aliphatic rings. The van der Waals surface area contributed by atoms with Crippen molar-refractivity contribution < 1.29 is 13.2 Å². The van der Waals surface area contributed by atoms with Gasteiger partial charge in [-0.3, -0.25) is 9.52 Å². The van der Waals surface area contributed by atoms with Gasteiger partial charge in [0.1, 0.15) is 0 Å². The Morgan fingerprint density at radius 2 is 1.79 bits per heavy atom. The molecule has 2 N–H and O–H groups in total. The van der Waals surface area contributed by atoms with Gasteiger partial charge < -0.3 is 5.32 Å². The topological polar surface area (TPSA) is 75.3 Å². The van der Waals surface area contributed by atoms with Crippen molar-refractivity contribution in [2.24, 2.45) is 0 Å². The number of hydrogen-bond acceptors (Lipinski definition) is 3. The summed E-state index contributed by atoms with van der Waals surface area (Å²) >= 11 is 0. The molecule has 0 saturated carbocycles. The van der Waals surface area contributed by atoms with Crippen molar-refractivity contribution in [1.82, 2.24) is 5.32 Å². The predicted octanol–water partition coefficient (Wildman–Crippen LogP) is 3.02. The summed E-state index contributed by atoms with van der Waals surface area (Å²) in [6, 6.07) is 11.5. The van der Waals surface area contributed by atoms with Crippen molar-refractivity contribution in [1.29, 1.82) is 0 Å². The van der Waals surface area contributed by atoms with Gasteiger partial charge >= 0.3 is 0 Å². The summed E-state index contributed by atoms with van der Waals surface area (Å²) in [4.78, 5) is 12.2. The second-order valence-corrected chi connectivity index (χ2v) is 7.13. The van der Waals surface area contributed by atoms with Crippen LogP contribution in [-0.4, -0.2) is 20.9 Å². The third-order valence-corrected chi connectivity index (χ3v) is 4.85. The molecule has 1 amide bonds. The second-order valence-electron chi connectivity index (χ2n) is 5.45. The van der Waals surface area contributed by atoms with Crippen molar-refractivity contribution >= 4 is 21.6 Å². The number of nitrogens with one attached hydrogen (secondary N) is 2. The molecule has 24 heavy (non-hydrogen) atoms. The van der Waals surface area contributed by atoms with Gasteiger partial charge in [0.05, 0.1) is 4.90 Å². The first-order chi connectivity index (χ1) is 11.3. The van der Waals surface area contributed by atoms with Gasteiger partial charge in [-0.25, -0.2) is 8.42 Å². The summed E-state index contributed by atoms with van der Waals surface area (Å²) in [5.41, 5.74) is 2.53. The number of anilines is 1. The molecule has 126 valence electrons. The summed E-state index contributed by atoms with van der Waals surface area (Å²) in [5.74, 6) is -0.334. The molecule has 0 aliphatic carbocycles. The summed E-state index contributed by atoms with van der Waals surface area (Å²) < 4.78 is 27.6. The van der Waals surface area contributed by atoms with Crippen molar-refractivity contribution in [2.75, 3.05) is 11.3 Å². The predicted molar refractivity (Wildman–Crippen MR) is 95.7 cm³/mol. The zero-order chi connectivity index (χ0) is 17.7. The molecule has 2 rings (SSSR count). The Labute approximate surface area is 142 Å². The Kier molecular flexibility index (Phi) is 5.41. The lowest BCUT2D eigenvalue weighted by Gasteiger charge is -2.11. The van der Waals surface area contributed by atoms with E-state index in [9.17, 15) is 13.2 Å². The lowest BCUT2D eigenvalue weighted by molar-refractivity contribution is 0.0957. The number of carbonyl (C=O) groups is 1. The van der Waals surface area contributed by atoms with Gasteiger partial charge in [-0.2, -0.15) is 0 Å². The molecule has 0 atom stereocenters. The van der Waals surface area contributed by atoms with Crippen LogP contribution in [0.25, 0.3) is 0 Å². The van der Waals surface area contributed by atoms with E-state index in [1.807, 2.05) is 19.1 Å². The molecule has 0 saturated heterocycles. The quantitative estimate of drug-likeness (QED) is 0.791. The van der Waals surface area contributed by atoms with Crippen LogP contribution in [0.15, 0.2) is 60.0 Å². The highest BCUT2D eigenvalue weighted by Gasteiger charge is 2.18. The van der Waals surface area contributed by atoms with Crippen molar-refractivity contribution in [3.8, 4) is 0 Å². The molecule has 2 aromatic rings. The molecule has 0 radical (unpaired) electrons. The molecule has 0 bridgehead atoms. The molecular weight excluding hydrogens is 324 g/mol. The van der Waals surface area contributed by atoms with Crippen molar-refractivity contribution in [3.05, 3.63) is 71.8 Å². The maximum atomic E-state index is 12.5. The maximum Gasteiger partial charge on any atom is 0.261 e. The second kappa shape index (κ2) is 7.31. The van der Waals surface area contributed by atoms with E-state index in [0.29, 0.717) is 23.4 Å². The minimum atomic E-state index is -3.77. The average molecular weight is 344 g/mol. The fourth-order valence-electron chi connectivity index (χ4n) is 2.11. The Morgan fingerprint density at radius 3 is 2.42 bits per heavy atom. The Bertz CT molecular complexity index is 856. The summed E-state index contributed by atoms with van der Waals surface area (Å²) in [7, 11) is -3.77. The van der Waals surface area contributed by atoms with E-state index in [2.05, 4.69) is 16.6 Å². The van der Waals surface area contributed by atoms with E-state index in [0.717, 1.165) is 5.56 Å². The highest BCUT2D eigenvalue weighted by molar-refractivity contribution is 7.92. The van der Waals surface area contributed by atoms with Gasteiger partial charge in [0.15, 0.2) is 0 Å². The van der Waals surface area contributed by atoms with Crippen molar-refractivity contribution in [2.45, 2.75) is 18.7 Å². The zero-order valence-corrected chi connectivity index (χ0v) is 14.5. The molecule has 0 aliphatic heterocycles. The molecule has 2 aromatic carbocycles. The monoisotopic (exact) mass is 344 g/mol. The van der Waals surface area contributed by atoms with Gasteiger partial charge in [0.25, 0.3) is 15.9 Å². The number of sulfonamides is 1. The molecule has 0 aromatic heterocycles. The standard InChI is InChI=1S/C18H20N2O3S/c1-4-11-19-18(21)17-12-16(10-7-14(17)3)24(22,23)20-15-8-5-13(2)6-9-15/h4-10,12,20H,1,11H2,2-3H3,(H,19,21). The first kappa shape index (κ1) is 17.7. The minimum Gasteiger partial charge on any atom is -0.349 e. The van der Waals surface area contributed by atoms with Crippen LogP contribution in [0, 0.1) is 13.8 Å². The molecule has 0 unspecified atom stereocenters. The Morgan fingerprint density at radius 1 is 1.12 bits per heavy atom. The van der Waals surface area contributed by atoms with Crippen LogP contribution < -0.4 is 10.0 Å². The molecule has 5 nitrogen and oxygen atoms in total. The van der Waals surface area contributed by atoms with E-state index in [1.54, 1.807) is 31.2 Å². The minimum absolute atomic E-state index is 0.0393. The fraction of sp³-hybridized carbons (Fsp3) is 0.167. The van der Waals surface area contributed by atoms with E-state index in [1.165, 1.54) is 12.1 Å². The number of benzene rings is 2. The lowest BCUT2D eigenvalue weighted by atomic mass is 10.1. The largest absolute Gasteiger partial charge is 0.349 e. The number of hydrogen-bond donors (Lipinski definition) is 2. The van der Waals surface area contributed by atoms with Gasteiger partial charge in [-0.1, -0.05) is 29.8 Å². The van der Waals surface area contributed by atoms with Crippen LogP contribution in [0.5, 0.6) is 0 Å². The zero-order valence-electron chi connectivity index (χ0n) is 13.7. The lowest BCUT2D eigenvalue weighted by Crippen LogP contribution is -2.24. The average Bonchev–Trinajstić information content (AvgIpc) is 2.54. The third kappa shape index (κ3) is 4.23. The van der Waals surface area contributed by atoms with Crippen LogP contribution >= 0.6 is 0 Å². The normalized spacial score (nSPS) is 10.9. The first-order valence-corrected chi connectivity index (χ1v) is 8.91. The van der Waals surface area contributed by atoms with Crippen LogP contribution in [0.1, 0.15) is 21.5 Å². The molecular formula is C18H20N2O3S. The molecule has 0 heterocycles. The van der Waals surface area contributed by atoms with E-state index in [4.69, 9.17) is 0 Å². The molecule has 6 heteroatoms. The van der Waals surface area contributed by atoms with Gasteiger partial charge in [-0.05, 0) is 43.7 Å². The highest BCUT2D eigenvalue weighted by Crippen LogP contribution is 2.19. The van der Waals surface area contributed by atoms with Gasteiger partial charge in [0.2, 0.25) is 0 Å². The Hall–Kier alpha value is -2.60. The fourth-order valence-corrected chi connectivity index (χ4v) is 3.19. The summed E-state index contributed by atoms with van der Waals surface area (Å²) in [6.07, 6.45) is 1.56. The van der Waals surface area contributed by atoms with E-state index < -0.39 is 10.0 Å². The number of amides is 1. The van der Waals surface area contributed by atoms with Gasteiger partial charge in [-0.15, -0.1) is 6.58 Å². The summed E-state index contributed by atoms with van der Waals surface area (Å²) in [6.45, 7) is 7.53. The maximum absolute atomic E-state index is 12.5. The first-order valence-electron chi connectivity index (χ1n) is 7.43. The molecule has 0 spiro atoms.